The molecule has 90 valence electrons. The summed E-state index contributed by atoms with van der Waals surface area (Å²) in [5, 5.41) is 3.27. The molecule has 0 saturated heterocycles. The van der Waals surface area contributed by atoms with Gasteiger partial charge in [-0.05, 0) is 55.8 Å². The highest BCUT2D eigenvalue weighted by molar-refractivity contribution is 7.99. The Hall–Kier alpha value is -0.120. The van der Waals surface area contributed by atoms with Crippen LogP contribution in [0.1, 0.15) is 24.9 Å². The molecule has 1 N–H and O–H groups in total. The molecule has 1 rings (SSSR count). The molecule has 1 nitrogen and oxygen atoms in total. The molecule has 1 aromatic rings. The predicted octanol–water partition coefficient (Wildman–Crippen LogP) is 3.81. The number of nitrogens with one attached hydrogen (secondary N) is 1. The van der Waals surface area contributed by atoms with Crippen LogP contribution >= 0.6 is 23.5 Å². The lowest BCUT2D eigenvalue weighted by molar-refractivity contribution is 0.651. The Morgan fingerprint density at radius 2 is 2.12 bits per heavy atom. The first-order chi connectivity index (χ1) is 7.77. The van der Waals surface area contributed by atoms with E-state index in [0.717, 1.165) is 0 Å². The monoisotopic (exact) mass is 255 g/mol. The summed E-state index contributed by atoms with van der Waals surface area (Å²) in [7, 11) is 2.00. The van der Waals surface area contributed by atoms with E-state index in [4.69, 9.17) is 0 Å². The summed E-state index contributed by atoms with van der Waals surface area (Å²) in [6.07, 6.45) is 3.46. The predicted molar refractivity (Wildman–Crippen MR) is 77.6 cm³/mol. The molecule has 1 unspecified atom stereocenters. The highest BCUT2D eigenvalue weighted by Crippen LogP contribution is 2.23. The second kappa shape index (κ2) is 8.04. The van der Waals surface area contributed by atoms with Gasteiger partial charge in [0.1, 0.15) is 0 Å². The highest BCUT2D eigenvalue weighted by atomic mass is 32.2. The van der Waals surface area contributed by atoms with Crippen molar-refractivity contribution in [2.45, 2.75) is 24.3 Å². The Morgan fingerprint density at radius 3 is 2.81 bits per heavy atom. The molecule has 0 spiro atoms. The molecule has 0 aliphatic heterocycles. The van der Waals surface area contributed by atoms with Crippen LogP contribution in [0.3, 0.4) is 0 Å². The van der Waals surface area contributed by atoms with Gasteiger partial charge < -0.3 is 5.32 Å². The SMILES string of the molecule is CNC(C)c1cccc(SCCCSC)c1. The van der Waals surface area contributed by atoms with Crippen molar-refractivity contribution in [3.63, 3.8) is 0 Å². The maximum atomic E-state index is 3.27. The fourth-order valence-corrected chi connectivity index (χ4v) is 2.97. The minimum Gasteiger partial charge on any atom is -0.313 e. The normalized spacial score (nSPS) is 12.7. The molecule has 0 saturated carbocycles. The fraction of sp³-hybridized carbons (Fsp3) is 0.538. The summed E-state index contributed by atoms with van der Waals surface area (Å²) in [4.78, 5) is 1.39. The average Bonchev–Trinajstić information content (AvgIpc) is 2.34. The van der Waals surface area contributed by atoms with Crippen LogP contribution in [0.15, 0.2) is 29.2 Å². The quantitative estimate of drug-likeness (QED) is 0.588. The van der Waals surface area contributed by atoms with Gasteiger partial charge in [0.2, 0.25) is 0 Å². The van der Waals surface area contributed by atoms with Crippen molar-refractivity contribution in [2.24, 2.45) is 0 Å². The maximum Gasteiger partial charge on any atom is 0.0289 e. The van der Waals surface area contributed by atoms with Crippen molar-refractivity contribution in [1.29, 1.82) is 0 Å². The first-order valence-corrected chi connectivity index (χ1v) is 8.05. The third-order valence-electron chi connectivity index (χ3n) is 2.55. The average molecular weight is 255 g/mol. The van der Waals surface area contributed by atoms with E-state index < -0.39 is 0 Å². The second-order valence-electron chi connectivity index (χ2n) is 3.78. The van der Waals surface area contributed by atoms with E-state index in [1.54, 1.807) is 0 Å². The number of hydrogen-bond donors (Lipinski definition) is 1. The third-order valence-corrected chi connectivity index (χ3v) is 4.33. The van der Waals surface area contributed by atoms with Crippen molar-refractivity contribution in [3.8, 4) is 0 Å². The Morgan fingerprint density at radius 1 is 1.31 bits per heavy atom. The Labute approximate surface area is 108 Å². The molecule has 0 amide bonds. The lowest BCUT2D eigenvalue weighted by Gasteiger charge is -2.11. The summed E-state index contributed by atoms with van der Waals surface area (Å²) in [5.74, 6) is 2.48. The van der Waals surface area contributed by atoms with Gasteiger partial charge in [0.25, 0.3) is 0 Å². The lowest BCUT2D eigenvalue weighted by atomic mass is 10.1. The standard InChI is InChI=1S/C13H21NS2/c1-11(14-2)12-6-4-7-13(10-12)16-9-5-8-15-3/h4,6-7,10-11,14H,5,8-9H2,1-3H3. The van der Waals surface area contributed by atoms with Crippen LogP contribution in [0.4, 0.5) is 0 Å². The molecule has 0 fully saturated rings. The summed E-state index contributed by atoms with van der Waals surface area (Å²) >= 11 is 3.89. The third kappa shape index (κ3) is 4.81. The maximum absolute atomic E-state index is 3.27. The summed E-state index contributed by atoms with van der Waals surface area (Å²) in [6, 6.07) is 9.28. The first-order valence-electron chi connectivity index (χ1n) is 5.67. The fourth-order valence-electron chi connectivity index (χ4n) is 1.43. The molecule has 0 aliphatic carbocycles. The van der Waals surface area contributed by atoms with Crippen LogP contribution < -0.4 is 5.32 Å². The van der Waals surface area contributed by atoms with E-state index in [0.29, 0.717) is 6.04 Å². The van der Waals surface area contributed by atoms with Gasteiger partial charge in [0.05, 0.1) is 0 Å². The van der Waals surface area contributed by atoms with Crippen molar-refractivity contribution >= 4 is 23.5 Å². The highest BCUT2D eigenvalue weighted by Gasteiger charge is 2.02. The zero-order chi connectivity index (χ0) is 11.8. The molecule has 0 heterocycles. The molecule has 3 heteroatoms. The molecule has 0 radical (unpaired) electrons. The van der Waals surface area contributed by atoms with Crippen LogP contribution in [-0.4, -0.2) is 24.8 Å². The van der Waals surface area contributed by atoms with Gasteiger partial charge in [-0.15, -0.1) is 11.8 Å². The number of benzene rings is 1. The molecular weight excluding hydrogens is 234 g/mol. The van der Waals surface area contributed by atoms with Gasteiger partial charge in [0.15, 0.2) is 0 Å². The van der Waals surface area contributed by atoms with E-state index in [1.807, 2.05) is 30.6 Å². The topological polar surface area (TPSA) is 12.0 Å². The van der Waals surface area contributed by atoms with Crippen LogP contribution in [-0.2, 0) is 0 Å². The zero-order valence-electron chi connectivity index (χ0n) is 10.3. The van der Waals surface area contributed by atoms with Crippen LogP contribution in [0, 0.1) is 0 Å². The van der Waals surface area contributed by atoms with Gasteiger partial charge in [0, 0.05) is 10.9 Å². The van der Waals surface area contributed by atoms with Crippen molar-refractivity contribution in [2.75, 3.05) is 24.8 Å². The Balaban J connectivity index is 2.47. The van der Waals surface area contributed by atoms with Crippen LogP contribution in [0.2, 0.25) is 0 Å². The van der Waals surface area contributed by atoms with E-state index in [9.17, 15) is 0 Å². The van der Waals surface area contributed by atoms with Crippen LogP contribution in [0.25, 0.3) is 0 Å². The van der Waals surface area contributed by atoms with Gasteiger partial charge in [-0.1, -0.05) is 12.1 Å². The molecular formula is C13H21NS2. The molecule has 1 atom stereocenters. The van der Waals surface area contributed by atoms with E-state index >= 15 is 0 Å². The Kier molecular flexibility index (Phi) is 7.01. The van der Waals surface area contributed by atoms with Gasteiger partial charge in [-0.3, -0.25) is 0 Å². The smallest absolute Gasteiger partial charge is 0.0289 e. The number of hydrogen-bond acceptors (Lipinski definition) is 3. The summed E-state index contributed by atoms with van der Waals surface area (Å²) in [5.41, 5.74) is 1.37. The Bertz CT molecular complexity index is 302. The van der Waals surface area contributed by atoms with E-state index in [1.165, 1.54) is 28.4 Å². The van der Waals surface area contributed by atoms with Crippen LogP contribution in [0.5, 0.6) is 0 Å². The molecule has 16 heavy (non-hydrogen) atoms. The van der Waals surface area contributed by atoms with E-state index in [2.05, 4.69) is 42.8 Å². The minimum atomic E-state index is 0.437. The molecule has 1 aromatic carbocycles. The lowest BCUT2D eigenvalue weighted by Crippen LogP contribution is -2.11. The first kappa shape index (κ1) is 13.9. The largest absolute Gasteiger partial charge is 0.313 e. The summed E-state index contributed by atoms with van der Waals surface area (Å²) in [6.45, 7) is 2.19. The molecule has 0 aliphatic rings. The second-order valence-corrected chi connectivity index (χ2v) is 5.93. The van der Waals surface area contributed by atoms with Gasteiger partial charge in [-0.2, -0.15) is 11.8 Å². The van der Waals surface area contributed by atoms with Crippen molar-refractivity contribution in [1.82, 2.24) is 5.32 Å². The van der Waals surface area contributed by atoms with E-state index in [-0.39, 0.29) is 0 Å². The molecule has 0 bridgehead atoms. The van der Waals surface area contributed by atoms with Crippen molar-refractivity contribution < 1.29 is 0 Å². The number of thioether (sulfide) groups is 2. The zero-order valence-corrected chi connectivity index (χ0v) is 12.0. The summed E-state index contributed by atoms with van der Waals surface area (Å²) < 4.78 is 0. The molecule has 0 aromatic heterocycles. The minimum absolute atomic E-state index is 0.437. The van der Waals surface area contributed by atoms with Gasteiger partial charge in [-0.25, -0.2) is 0 Å². The number of rotatable bonds is 7. The van der Waals surface area contributed by atoms with Gasteiger partial charge >= 0.3 is 0 Å². The van der Waals surface area contributed by atoms with Crippen molar-refractivity contribution in [3.05, 3.63) is 29.8 Å².